The number of aryl methyl sites for hydroxylation is 1. The average molecular weight is 658 g/mol. The quantitative estimate of drug-likeness (QED) is 0.242. The zero-order chi connectivity index (χ0) is 32.6. The van der Waals surface area contributed by atoms with Crippen molar-refractivity contribution in [1.82, 2.24) is 9.13 Å². The molecule has 3 heterocycles. The van der Waals surface area contributed by atoms with Crippen molar-refractivity contribution in [3.8, 4) is 5.69 Å². The Bertz CT molecular complexity index is 2010. The number of alkyl halides is 3. The van der Waals surface area contributed by atoms with Crippen LogP contribution in [0, 0.1) is 13.8 Å². The molecule has 234 valence electrons. The van der Waals surface area contributed by atoms with Crippen molar-refractivity contribution in [2.45, 2.75) is 39.9 Å². The monoisotopic (exact) mass is 657 g/mol. The molecule has 45 heavy (non-hydrogen) atoms. The zero-order valence-corrected chi connectivity index (χ0v) is 26.1. The Morgan fingerprint density at radius 2 is 1.62 bits per heavy atom. The van der Waals surface area contributed by atoms with E-state index in [1.807, 2.05) is 24.5 Å². The highest BCUT2D eigenvalue weighted by Crippen LogP contribution is 2.38. The van der Waals surface area contributed by atoms with Gasteiger partial charge in [-0.3, -0.25) is 9.36 Å². The van der Waals surface area contributed by atoms with Gasteiger partial charge in [-0.15, -0.1) is 0 Å². The Hall–Kier alpha value is -4.42. The number of ether oxygens (including phenoxy) is 2. The fourth-order valence-corrected chi connectivity index (χ4v) is 6.35. The predicted molar refractivity (Wildman–Crippen MR) is 163 cm³/mol. The molecule has 0 saturated heterocycles. The van der Waals surface area contributed by atoms with Crippen molar-refractivity contribution >= 4 is 41.0 Å². The molecule has 0 spiro atoms. The van der Waals surface area contributed by atoms with Gasteiger partial charge in [-0.25, -0.2) is 14.6 Å². The molecule has 1 aliphatic heterocycles. The van der Waals surface area contributed by atoms with Gasteiger partial charge in [0.15, 0.2) is 10.5 Å². The van der Waals surface area contributed by atoms with Gasteiger partial charge in [0.2, 0.25) is 0 Å². The van der Waals surface area contributed by atoms with Gasteiger partial charge in [0.25, 0.3) is 5.56 Å². The third kappa shape index (κ3) is 6.12. The summed E-state index contributed by atoms with van der Waals surface area (Å²) in [7, 11) is 0. The number of esters is 2. The summed E-state index contributed by atoms with van der Waals surface area (Å²) < 4.78 is 56.3. The maximum Gasteiger partial charge on any atom is 0.434 e. The predicted octanol–water partition coefficient (Wildman–Crippen LogP) is 5.58. The lowest BCUT2D eigenvalue weighted by atomic mass is 9.95. The van der Waals surface area contributed by atoms with Gasteiger partial charge in [0.1, 0.15) is 0 Å². The van der Waals surface area contributed by atoms with Crippen molar-refractivity contribution in [3.05, 3.63) is 119 Å². The number of aromatic nitrogens is 2. The Balaban J connectivity index is 1.68. The number of rotatable bonds is 7. The number of hydrogen-bond donors (Lipinski definition) is 0. The zero-order valence-electron chi connectivity index (χ0n) is 24.6. The standard InChI is InChI=1S/C32H27ClF3N3O5S/c1-5-43-29(41)20-9-13-23(14-10-20)38-17(3)15-21(18(38)4)16-24-28(40)39-26(19-7-11-22(33)12-8-19)25(30(42)44-6-2)27(32(34,35)36)37-31(39)45-24/h7-16,26H,5-6H2,1-4H3/b24-16-/t26-/m0/s1. The summed E-state index contributed by atoms with van der Waals surface area (Å²) in [5.74, 6) is -1.65. The maximum atomic E-state index is 14.4. The lowest BCUT2D eigenvalue weighted by molar-refractivity contribution is -0.140. The highest BCUT2D eigenvalue weighted by molar-refractivity contribution is 7.07. The van der Waals surface area contributed by atoms with E-state index >= 15 is 0 Å². The van der Waals surface area contributed by atoms with Crippen molar-refractivity contribution in [2.24, 2.45) is 4.99 Å². The minimum atomic E-state index is -5.00. The van der Waals surface area contributed by atoms with Gasteiger partial charge in [-0.1, -0.05) is 35.1 Å². The second-order valence-corrected chi connectivity index (χ2v) is 11.5. The third-order valence-corrected chi connectivity index (χ3v) is 8.41. The summed E-state index contributed by atoms with van der Waals surface area (Å²) in [6, 6.07) is 13.1. The Morgan fingerprint density at radius 3 is 2.22 bits per heavy atom. The van der Waals surface area contributed by atoms with E-state index < -0.39 is 41.0 Å². The molecule has 0 aliphatic carbocycles. The smallest absolute Gasteiger partial charge is 0.434 e. The number of fused-ring (bicyclic) bond motifs is 1. The van der Waals surface area contributed by atoms with E-state index in [0.29, 0.717) is 16.1 Å². The molecule has 0 bridgehead atoms. The number of carbonyl (C=O) groups excluding carboxylic acids is 2. The fourth-order valence-electron chi connectivity index (χ4n) is 5.23. The van der Waals surface area contributed by atoms with Gasteiger partial charge in [-0.05, 0) is 87.4 Å². The molecule has 0 N–H and O–H groups in total. The number of carbonyl (C=O) groups is 2. The van der Waals surface area contributed by atoms with Gasteiger partial charge in [0.05, 0.1) is 34.9 Å². The van der Waals surface area contributed by atoms with Crippen LogP contribution in [0.1, 0.15) is 52.8 Å². The van der Waals surface area contributed by atoms with Gasteiger partial charge < -0.3 is 14.0 Å². The Labute approximate surface area is 264 Å². The molecule has 0 saturated carbocycles. The van der Waals surface area contributed by atoms with Gasteiger partial charge in [-0.2, -0.15) is 13.2 Å². The summed E-state index contributed by atoms with van der Waals surface area (Å²) in [4.78, 5) is 42.6. The molecule has 1 aliphatic rings. The lowest BCUT2D eigenvalue weighted by Gasteiger charge is -2.26. The summed E-state index contributed by atoms with van der Waals surface area (Å²) in [5.41, 5.74) is 0.791. The average Bonchev–Trinajstić information content (AvgIpc) is 3.46. The molecular formula is C32H27ClF3N3O5S. The molecule has 0 unspecified atom stereocenters. The molecule has 0 amide bonds. The Kier molecular flexibility index (Phi) is 8.90. The minimum Gasteiger partial charge on any atom is -0.463 e. The van der Waals surface area contributed by atoms with E-state index in [-0.39, 0.29) is 28.1 Å². The summed E-state index contributed by atoms with van der Waals surface area (Å²) in [5, 5.41) is 0.328. The summed E-state index contributed by atoms with van der Waals surface area (Å²) >= 11 is 6.83. The van der Waals surface area contributed by atoms with E-state index in [1.54, 1.807) is 37.3 Å². The van der Waals surface area contributed by atoms with Crippen LogP contribution in [0.3, 0.4) is 0 Å². The number of hydrogen-bond acceptors (Lipinski definition) is 7. The molecular weight excluding hydrogens is 631 g/mol. The van der Waals surface area contributed by atoms with E-state index in [2.05, 4.69) is 4.99 Å². The van der Waals surface area contributed by atoms with Crippen LogP contribution < -0.4 is 14.9 Å². The molecule has 0 fully saturated rings. The second kappa shape index (κ2) is 12.5. The molecule has 0 radical (unpaired) electrons. The van der Waals surface area contributed by atoms with E-state index in [4.69, 9.17) is 21.1 Å². The van der Waals surface area contributed by atoms with Crippen LogP contribution >= 0.6 is 22.9 Å². The van der Waals surface area contributed by atoms with E-state index in [0.717, 1.165) is 33.0 Å². The number of halogens is 4. The van der Waals surface area contributed by atoms with Crippen LogP contribution in [0.5, 0.6) is 0 Å². The van der Waals surface area contributed by atoms with Crippen molar-refractivity contribution in [1.29, 1.82) is 0 Å². The van der Waals surface area contributed by atoms with Gasteiger partial charge >= 0.3 is 18.1 Å². The first-order valence-corrected chi connectivity index (χ1v) is 15.1. The van der Waals surface area contributed by atoms with E-state index in [9.17, 15) is 27.6 Å². The van der Waals surface area contributed by atoms with Crippen molar-refractivity contribution < 1.29 is 32.2 Å². The van der Waals surface area contributed by atoms with Crippen LogP contribution in [0.4, 0.5) is 13.2 Å². The molecule has 2 aromatic heterocycles. The molecule has 13 heteroatoms. The molecule has 5 rings (SSSR count). The molecule has 2 aromatic carbocycles. The second-order valence-electron chi connectivity index (χ2n) is 10.0. The minimum absolute atomic E-state index is 0.122. The third-order valence-electron chi connectivity index (χ3n) is 7.17. The molecule has 4 aromatic rings. The first-order chi connectivity index (χ1) is 21.3. The van der Waals surface area contributed by atoms with Gasteiger partial charge in [0, 0.05) is 22.1 Å². The highest BCUT2D eigenvalue weighted by atomic mass is 35.5. The topological polar surface area (TPSA) is 91.9 Å². The first-order valence-electron chi connectivity index (χ1n) is 13.9. The number of nitrogens with zero attached hydrogens (tertiary/aromatic N) is 3. The van der Waals surface area contributed by atoms with Crippen LogP contribution in [0.25, 0.3) is 11.8 Å². The van der Waals surface area contributed by atoms with Crippen LogP contribution in [-0.4, -0.2) is 40.5 Å². The van der Waals surface area contributed by atoms with Crippen LogP contribution in [0.15, 0.2) is 75.7 Å². The van der Waals surface area contributed by atoms with E-state index in [1.165, 1.54) is 31.2 Å². The number of benzene rings is 2. The largest absolute Gasteiger partial charge is 0.463 e. The lowest BCUT2D eigenvalue weighted by Crippen LogP contribution is -2.41. The first kappa shape index (κ1) is 32.0. The maximum absolute atomic E-state index is 14.4. The number of allylic oxidation sites excluding steroid dienone is 1. The van der Waals surface area contributed by atoms with Crippen molar-refractivity contribution in [3.63, 3.8) is 0 Å². The van der Waals surface area contributed by atoms with Crippen LogP contribution in [0.2, 0.25) is 5.02 Å². The molecule has 1 atom stereocenters. The summed E-state index contributed by atoms with van der Waals surface area (Å²) in [6.07, 6.45) is -3.41. The normalized spacial score (nSPS) is 15.1. The van der Waals surface area contributed by atoms with Crippen LogP contribution in [-0.2, 0) is 14.3 Å². The Morgan fingerprint density at radius 1 is 1.00 bits per heavy atom. The SMILES string of the molecule is CCOC(=O)C1=C(C(F)(F)F)N=c2s/c(=C\c3cc(C)n(-c4ccc(C(=O)OCC)cc4)c3C)c(=O)n2[C@H]1c1ccc(Cl)cc1. The highest BCUT2D eigenvalue weighted by Gasteiger charge is 2.45. The number of thiazole rings is 1. The fraction of sp³-hybridized carbons (Fsp3) is 0.250. The summed E-state index contributed by atoms with van der Waals surface area (Å²) in [6.45, 7) is 6.99. The molecule has 8 nitrogen and oxygen atoms in total. The van der Waals surface area contributed by atoms with Crippen molar-refractivity contribution in [2.75, 3.05) is 13.2 Å².